The lowest BCUT2D eigenvalue weighted by Gasteiger charge is -2.11. The molecule has 0 radical (unpaired) electrons. The molecule has 0 aromatic heterocycles. The van der Waals surface area contributed by atoms with E-state index in [9.17, 15) is 26.3 Å². The molecule has 2 nitrogen and oxygen atoms in total. The highest BCUT2D eigenvalue weighted by atomic mass is 19.4. The maximum atomic E-state index is 12.0. The highest BCUT2D eigenvalue weighted by Crippen LogP contribution is 2.30. The first-order valence-electron chi connectivity index (χ1n) is 5.18. The number of hydrogen-bond donors (Lipinski definition) is 0. The van der Waals surface area contributed by atoms with Crippen LogP contribution in [0.4, 0.5) is 26.3 Å². The third-order valence-corrected chi connectivity index (χ3v) is 2.25. The molecule has 108 valence electrons. The Morgan fingerprint density at radius 3 is 1.35 bits per heavy atom. The number of halogens is 6. The Kier molecular flexibility index (Phi) is 3.41. The lowest BCUT2D eigenvalue weighted by Crippen LogP contribution is -2.17. The molecule has 2 rings (SSSR count). The van der Waals surface area contributed by atoms with E-state index in [-0.39, 0.29) is 5.39 Å². The minimum absolute atomic E-state index is 0.133. The van der Waals surface area contributed by atoms with E-state index in [0.29, 0.717) is 5.39 Å². The van der Waals surface area contributed by atoms with Crippen LogP contribution in [0.1, 0.15) is 0 Å². The molecule has 20 heavy (non-hydrogen) atoms. The van der Waals surface area contributed by atoms with Crippen LogP contribution in [0.2, 0.25) is 0 Å². The number of hydrogen-bond acceptors (Lipinski definition) is 2. The van der Waals surface area contributed by atoms with E-state index >= 15 is 0 Å². The molecule has 0 saturated heterocycles. The molecular formula is C12H6F6O2. The zero-order valence-electron chi connectivity index (χ0n) is 9.55. The van der Waals surface area contributed by atoms with Crippen LogP contribution >= 0.6 is 0 Å². The molecule has 0 atom stereocenters. The van der Waals surface area contributed by atoms with Gasteiger partial charge in [0, 0.05) is 0 Å². The minimum Gasteiger partial charge on any atom is -0.406 e. The molecule has 0 bridgehead atoms. The Labute approximate surface area is 108 Å². The predicted molar refractivity (Wildman–Crippen MR) is 57.3 cm³/mol. The van der Waals surface area contributed by atoms with Crippen molar-refractivity contribution in [2.45, 2.75) is 12.7 Å². The van der Waals surface area contributed by atoms with Crippen LogP contribution in [-0.2, 0) is 0 Å². The van der Waals surface area contributed by atoms with Gasteiger partial charge >= 0.3 is 12.7 Å². The second-order valence-corrected chi connectivity index (χ2v) is 3.77. The third-order valence-electron chi connectivity index (χ3n) is 2.25. The lowest BCUT2D eigenvalue weighted by atomic mass is 10.1. The van der Waals surface area contributed by atoms with Gasteiger partial charge in [-0.25, -0.2) is 0 Å². The zero-order valence-corrected chi connectivity index (χ0v) is 9.55. The van der Waals surface area contributed by atoms with Gasteiger partial charge in [-0.05, 0) is 35.0 Å². The van der Waals surface area contributed by atoms with Crippen molar-refractivity contribution in [3.63, 3.8) is 0 Å². The number of fused-ring (bicyclic) bond motifs is 1. The monoisotopic (exact) mass is 296 g/mol. The van der Waals surface area contributed by atoms with Gasteiger partial charge in [0.25, 0.3) is 0 Å². The quantitative estimate of drug-likeness (QED) is 0.752. The van der Waals surface area contributed by atoms with Crippen LogP contribution in [0.25, 0.3) is 10.8 Å². The van der Waals surface area contributed by atoms with Crippen molar-refractivity contribution in [3.8, 4) is 11.5 Å². The summed E-state index contributed by atoms with van der Waals surface area (Å²) in [6.45, 7) is 0. The van der Waals surface area contributed by atoms with E-state index in [1.54, 1.807) is 0 Å². The second kappa shape index (κ2) is 4.77. The summed E-state index contributed by atoms with van der Waals surface area (Å²) in [4.78, 5) is 0. The molecule has 0 unspecified atom stereocenters. The standard InChI is InChI=1S/C12H6F6O2/c13-11(14,15)19-9-3-1-7-2-4-10(6-8(7)5-9)20-12(16,17)18/h1-6H. The summed E-state index contributed by atoms with van der Waals surface area (Å²) in [7, 11) is 0. The van der Waals surface area contributed by atoms with Crippen molar-refractivity contribution in [2.75, 3.05) is 0 Å². The molecule has 2 aromatic carbocycles. The molecule has 0 aliphatic rings. The first-order chi connectivity index (χ1) is 9.12. The average molecular weight is 296 g/mol. The van der Waals surface area contributed by atoms with Crippen molar-refractivity contribution in [1.82, 2.24) is 0 Å². The van der Waals surface area contributed by atoms with Crippen LogP contribution < -0.4 is 9.47 Å². The summed E-state index contributed by atoms with van der Waals surface area (Å²) >= 11 is 0. The summed E-state index contributed by atoms with van der Waals surface area (Å²) in [6, 6.07) is 6.69. The lowest BCUT2D eigenvalue weighted by molar-refractivity contribution is -0.275. The van der Waals surface area contributed by atoms with Gasteiger partial charge < -0.3 is 9.47 Å². The fourth-order valence-electron chi connectivity index (χ4n) is 1.60. The van der Waals surface area contributed by atoms with Gasteiger partial charge in [0.15, 0.2) is 0 Å². The normalized spacial score (nSPS) is 12.5. The summed E-state index contributed by atoms with van der Waals surface area (Å²) in [6.07, 6.45) is -9.73. The topological polar surface area (TPSA) is 18.5 Å². The van der Waals surface area contributed by atoms with Gasteiger partial charge in [0.05, 0.1) is 0 Å². The Hall–Kier alpha value is -2.12. The molecule has 0 spiro atoms. The van der Waals surface area contributed by atoms with Crippen molar-refractivity contribution in [2.24, 2.45) is 0 Å². The molecule has 0 N–H and O–H groups in total. The van der Waals surface area contributed by atoms with Crippen molar-refractivity contribution >= 4 is 10.8 Å². The highest BCUT2D eigenvalue weighted by Gasteiger charge is 2.32. The van der Waals surface area contributed by atoms with E-state index < -0.39 is 24.2 Å². The maximum Gasteiger partial charge on any atom is 0.573 e. The summed E-state index contributed by atoms with van der Waals surface area (Å²) in [5.41, 5.74) is 0. The first-order valence-corrected chi connectivity index (χ1v) is 5.18. The van der Waals surface area contributed by atoms with E-state index in [4.69, 9.17) is 0 Å². The third kappa shape index (κ3) is 3.94. The molecule has 0 fully saturated rings. The van der Waals surface area contributed by atoms with Gasteiger partial charge in [0.1, 0.15) is 11.5 Å². The number of rotatable bonds is 2. The fourth-order valence-corrected chi connectivity index (χ4v) is 1.60. The van der Waals surface area contributed by atoms with Crippen molar-refractivity contribution < 1.29 is 35.8 Å². The maximum absolute atomic E-state index is 12.0. The number of alkyl halides is 6. The molecule has 0 heterocycles. The molecule has 0 saturated carbocycles. The smallest absolute Gasteiger partial charge is 0.406 e. The van der Waals surface area contributed by atoms with Gasteiger partial charge in [-0.2, -0.15) is 0 Å². The Balaban J connectivity index is 2.34. The van der Waals surface area contributed by atoms with Gasteiger partial charge in [-0.1, -0.05) is 12.1 Å². The van der Waals surface area contributed by atoms with Gasteiger partial charge in [-0.3, -0.25) is 0 Å². The largest absolute Gasteiger partial charge is 0.573 e. The SMILES string of the molecule is FC(F)(F)Oc1ccc2ccc(OC(F)(F)F)cc2c1. The molecule has 2 aromatic rings. The van der Waals surface area contributed by atoms with Crippen LogP contribution in [0.15, 0.2) is 36.4 Å². The summed E-state index contributed by atoms with van der Waals surface area (Å²) < 4.78 is 79.7. The molecule has 8 heteroatoms. The summed E-state index contributed by atoms with van der Waals surface area (Å²) in [5.74, 6) is -1.04. The number of ether oxygens (including phenoxy) is 2. The van der Waals surface area contributed by atoms with Crippen molar-refractivity contribution in [3.05, 3.63) is 36.4 Å². The van der Waals surface area contributed by atoms with Crippen LogP contribution in [0, 0.1) is 0 Å². The highest BCUT2D eigenvalue weighted by molar-refractivity contribution is 5.85. The second-order valence-electron chi connectivity index (χ2n) is 3.77. The van der Waals surface area contributed by atoms with E-state index in [1.807, 2.05) is 0 Å². The Morgan fingerprint density at radius 2 is 1.00 bits per heavy atom. The van der Waals surface area contributed by atoms with Gasteiger partial charge in [0.2, 0.25) is 0 Å². The Morgan fingerprint density at radius 1 is 0.600 bits per heavy atom. The average Bonchev–Trinajstić information content (AvgIpc) is 2.23. The Bertz CT molecular complexity index is 567. The van der Waals surface area contributed by atoms with Gasteiger partial charge in [-0.15, -0.1) is 26.3 Å². The van der Waals surface area contributed by atoms with Crippen LogP contribution in [0.5, 0.6) is 11.5 Å². The van der Waals surface area contributed by atoms with Crippen molar-refractivity contribution in [1.29, 1.82) is 0 Å². The van der Waals surface area contributed by atoms with E-state index in [1.165, 1.54) is 12.1 Å². The fraction of sp³-hybridized carbons (Fsp3) is 0.167. The molecule has 0 aliphatic heterocycles. The summed E-state index contributed by atoms with van der Waals surface area (Å²) in [5, 5.41) is 0.586. The van der Waals surface area contributed by atoms with E-state index in [2.05, 4.69) is 9.47 Å². The van der Waals surface area contributed by atoms with Crippen LogP contribution in [0.3, 0.4) is 0 Å². The molecule has 0 amide bonds. The van der Waals surface area contributed by atoms with Crippen LogP contribution in [-0.4, -0.2) is 12.7 Å². The predicted octanol–water partition coefficient (Wildman–Crippen LogP) is 4.64. The number of benzene rings is 2. The van der Waals surface area contributed by atoms with E-state index in [0.717, 1.165) is 24.3 Å². The minimum atomic E-state index is -4.87. The zero-order chi connectivity index (χ0) is 15.0. The molecular weight excluding hydrogens is 290 g/mol. The molecule has 0 aliphatic carbocycles. The first kappa shape index (κ1) is 14.3.